The van der Waals surface area contributed by atoms with Crippen molar-refractivity contribution in [2.45, 2.75) is 4.34 Å². The number of carbonyl (C=O) groups is 1. The van der Waals surface area contributed by atoms with Crippen LogP contribution in [0.4, 0.5) is 10.8 Å². The van der Waals surface area contributed by atoms with Crippen molar-refractivity contribution in [3.8, 4) is 0 Å². The minimum atomic E-state index is 0.0618. The molecule has 0 radical (unpaired) electrons. The summed E-state index contributed by atoms with van der Waals surface area (Å²) < 4.78 is 1.77. The maximum Gasteiger partial charge on any atom is 0.232 e. The predicted octanol–water partition coefficient (Wildman–Crippen LogP) is 3.22. The molecular formula is C12H13BrN4OS2. The summed E-state index contributed by atoms with van der Waals surface area (Å²) in [6.07, 6.45) is 0. The Labute approximate surface area is 133 Å². The zero-order valence-corrected chi connectivity index (χ0v) is 14.2. The first-order chi connectivity index (χ1) is 9.54. The van der Waals surface area contributed by atoms with Crippen molar-refractivity contribution in [1.82, 2.24) is 15.1 Å². The van der Waals surface area contributed by atoms with Crippen molar-refractivity contribution in [1.29, 1.82) is 0 Å². The van der Waals surface area contributed by atoms with Crippen LogP contribution in [0.1, 0.15) is 0 Å². The molecule has 1 amide bonds. The van der Waals surface area contributed by atoms with Crippen LogP contribution in [-0.2, 0) is 4.79 Å². The first-order valence-corrected chi connectivity index (χ1v) is 8.33. The lowest BCUT2D eigenvalue weighted by atomic mass is 10.3. The van der Waals surface area contributed by atoms with Gasteiger partial charge in [0.2, 0.25) is 11.0 Å². The summed E-state index contributed by atoms with van der Waals surface area (Å²) in [5.74, 6) is 0.435. The Morgan fingerprint density at radius 1 is 1.45 bits per heavy atom. The molecule has 0 saturated heterocycles. The Morgan fingerprint density at radius 3 is 2.95 bits per heavy atom. The minimum Gasteiger partial charge on any atom is -0.348 e. The molecule has 0 spiro atoms. The molecule has 1 aromatic carbocycles. The van der Waals surface area contributed by atoms with E-state index in [0.29, 0.717) is 10.9 Å². The quantitative estimate of drug-likeness (QED) is 0.816. The molecule has 0 bridgehead atoms. The van der Waals surface area contributed by atoms with Gasteiger partial charge in [-0.25, -0.2) is 0 Å². The van der Waals surface area contributed by atoms with E-state index in [2.05, 4.69) is 31.4 Å². The second kappa shape index (κ2) is 7.05. The Hall–Kier alpha value is -1.12. The molecule has 8 heteroatoms. The lowest BCUT2D eigenvalue weighted by molar-refractivity contribution is -0.125. The van der Waals surface area contributed by atoms with E-state index in [4.69, 9.17) is 0 Å². The Morgan fingerprint density at radius 2 is 2.25 bits per heavy atom. The summed E-state index contributed by atoms with van der Waals surface area (Å²) in [5.41, 5.74) is 0.941. The number of carbonyl (C=O) groups excluding carboxylic acids is 1. The van der Waals surface area contributed by atoms with E-state index in [1.165, 1.54) is 23.1 Å². The van der Waals surface area contributed by atoms with Crippen LogP contribution in [0.3, 0.4) is 0 Å². The third kappa shape index (κ3) is 4.46. The molecule has 1 heterocycles. The molecule has 2 rings (SSSR count). The summed E-state index contributed by atoms with van der Waals surface area (Å²) >= 11 is 6.24. The summed E-state index contributed by atoms with van der Waals surface area (Å²) in [7, 11) is 3.48. The van der Waals surface area contributed by atoms with Crippen LogP contribution < -0.4 is 5.32 Å². The van der Waals surface area contributed by atoms with Crippen molar-refractivity contribution < 1.29 is 4.79 Å². The van der Waals surface area contributed by atoms with Gasteiger partial charge in [0.05, 0.1) is 5.75 Å². The molecule has 0 aliphatic heterocycles. The molecule has 106 valence electrons. The molecule has 0 fully saturated rings. The summed E-state index contributed by atoms with van der Waals surface area (Å²) in [4.78, 5) is 13.1. The Balaban J connectivity index is 1.94. The smallest absolute Gasteiger partial charge is 0.232 e. The monoisotopic (exact) mass is 372 g/mol. The van der Waals surface area contributed by atoms with Crippen molar-refractivity contribution in [2.24, 2.45) is 0 Å². The number of hydrogen-bond acceptors (Lipinski definition) is 6. The maximum absolute atomic E-state index is 11.5. The van der Waals surface area contributed by atoms with Gasteiger partial charge >= 0.3 is 0 Å². The van der Waals surface area contributed by atoms with Crippen molar-refractivity contribution in [3.05, 3.63) is 28.7 Å². The highest BCUT2D eigenvalue weighted by molar-refractivity contribution is 9.10. The first-order valence-electron chi connectivity index (χ1n) is 5.73. The third-order valence-corrected chi connectivity index (χ3v) is 4.75. The van der Waals surface area contributed by atoms with E-state index in [0.717, 1.165) is 14.5 Å². The van der Waals surface area contributed by atoms with Gasteiger partial charge in [0.25, 0.3) is 0 Å². The van der Waals surface area contributed by atoms with Crippen LogP contribution in [0.15, 0.2) is 33.1 Å². The second-order valence-electron chi connectivity index (χ2n) is 4.09. The highest BCUT2D eigenvalue weighted by Crippen LogP contribution is 2.28. The van der Waals surface area contributed by atoms with Gasteiger partial charge in [0.15, 0.2) is 4.34 Å². The number of anilines is 2. The average molecular weight is 373 g/mol. The van der Waals surface area contributed by atoms with Crippen LogP contribution in [0.25, 0.3) is 0 Å². The summed E-state index contributed by atoms with van der Waals surface area (Å²) in [6, 6.07) is 7.82. The molecule has 5 nitrogen and oxygen atoms in total. The van der Waals surface area contributed by atoms with Crippen molar-refractivity contribution in [3.63, 3.8) is 0 Å². The van der Waals surface area contributed by atoms with Gasteiger partial charge in [-0.15, -0.1) is 10.2 Å². The van der Waals surface area contributed by atoms with E-state index in [1.807, 2.05) is 24.3 Å². The topological polar surface area (TPSA) is 58.1 Å². The van der Waals surface area contributed by atoms with Crippen molar-refractivity contribution in [2.75, 3.05) is 25.2 Å². The van der Waals surface area contributed by atoms with Gasteiger partial charge < -0.3 is 10.2 Å². The van der Waals surface area contributed by atoms with E-state index in [9.17, 15) is 4.79 Å². The first kappa shape index (κ1) is 15.3. The van der Waals surface area contributed by atoms with Gasteiger partial charge in [-0.2, -0.15) is 0 Å². The molecule has 0 aliphatic rings. The zero-order valence-electron chi connectivity index (χ0n) is 11.0. The molecule has 1 N–H and O–H groups in total. The molecule has 0 atom stereocenters. The largest absolute Gasteiger partial charge is 0.348 e. The number of nitrogens with one attached hydrogen (secondary N) is 1. The minimum absolute atomic E-state index is 0.0618. The third-order valence-electron chi connectivity index (χ3n) is 2.30. The molecule has 20 heavy (non-hydrogen) atoms. The summed E-state index contributed by atoms with van der Waals surface area (Å²) in [5, 5.41) is 12.0. The van der Waals surface area contributed by atoms with Gasteiger partial charge in [0, 0.05) is 24.3 Å². The molecule has 0 saturated carbocycles. The van der Waals surface area contributed by atoms with Gasteiger partial charge in [-0.1, -0.05) is 45.1 Å². The molecule has 0 unspecified atom stereocenters. The standard InChI is InChI=1S/C12H13BrN4OS2/c1-17(2)10(18)7-19-12-16-15-11(20-12)14-9-5-3-4-8(13)6-9/h3-6H,7H2,1-2H3,(H,14,15). The number of rotatable bonds is 5. The van der Waals surface area contributed by atoms with Crippen molar-refractivity contribution >= 4 is 55.8 Å². The fraction of sp³-hybridized carbons (Fsp3) is 0.250. The number of nitrogens with zero attached hydrogens (tertiary/aromatic N) is 3. The number of benzene rings is 1. The molecule has 0 aliphatic carbocycles. The fourth-order valence-corrected chi connectivity index (χ4v) is 3.41. The van der Waals surface area contributed by atoms with Gasteiger partial charge in [-0.05, 0) is 18.2 Å². The van der Waals surface area contributed by atoms with Crippen LogP contribution in [-0.4, -0.2) is 40.9 Å². The Bertz CT molecular complexity index is 603. The lowest BCUT2D eigenvalue weighted by Crippen LogP contribution is -2.23. The lowest BCUT2D eigenvalue weighted by Gasteiger charge is -2.07. The highest BCUT2D eigenvalue weighted by Gasteiger charge is 2.09. The molecular weight excluding hydrogens is 360 g/mol. The van der Waals surface area contributed by atoms with Crippen LogP contribution >= 0.6 is 39.0 Å². The second-order valence-corrected chi connectivity index (χ2v) is 7.20. The summed E-state index contributed by atoms with van der Waals surface area (Å²) in [6.45, 7) is 0. The highest BCUT2D eigenvalue weighted by atomic mass is 79.9. The molecule has 1 aromatic heterocycles. The Kier molecular flexibility index (Phi) is 5.38. The predicted molar refractivity (Wildman–Crippen MR) is 86.8 cm³/mol. The number of aromatic nitrogens is 2. The van der Waals surface area contributed by atoms with Crippen LogP contribution in [0, 0.1) is 0 Å². The van der Waals surface area contributed by atoms with Crippen LogP contribution in [0.5, 0.6) is 0 Å². The number of amides is 1. The molecule has 2 aromatic rings. The number of thioether (sulfide) groups is 1. The SMILES string of the molecule is CN(C)C(=O)CSc1nnc(Nc2cccc(Br)c2)s1. The zero-order chi connectivity index (χ0) is 14.5. The van der Waals surface area contributed by atoms with Gasteiger partial charge in [0.1, 0.15) is 0 Å². The van der Waals surface area contributed by atoms with E-state index < -0.39 is 0 Å². The maximum atomic E-state index is 11.5. The average Bonchev–Trinajstić information content (AvgIpc) is 2.83. The van der Waals surface area contributed by atoms with Crippen LogP contribution in [0.2, 0.25) is 0 Å². The normalized spacial score (nSPS) is 10.3. The van der Waals surface area contributed by atoms with E-state index >= 15 is 0 Å². The fourth-order valence-electron chi connectivity index (χ4n) is 1.26. The number of halogens is 1. The van der Waals surface area contributed by atoms with E-state index in [1.54, 1.807) is 19.0 Å². The number of hydrogen-bond donors (Lipinski definition) is 1. The van der Waals surface area contributed by atoms with E-state index in [-0.39, 0.29) is 5.91 Å². The van der Waals surface area contributed by atoms with Gasteiger partial charge in [-0.3, -0.25) is 4.79 Å².